The zero-order chi connectivity index (χ0) is 17.6. The van der Waals surface area contributed by atoms with Gasteiger partial charge in [0.15, 0.2) is 5.96 Å². The van der Waals surface area contributed by atoms with Crippen LogP contribution in [0.25, 0.3) is 0 Å². The first kappa shape index (κ1) is 18.9. The Morgan fingerprint density at radius 1 is 1.46 bits per heavy atom. The van der Waals surface area contributed by atoms with E-state index < -0.39 is 9.84 Å². The summed E-state index contributed by atoms with van der Waals surface area (Å²) in [5, 5.41) is 7.30. The third-order valence-electron chi connectivity index (χ3n) is 3.91. The van der Waals surface area contributed by atoms with E-state index in [-0.39, 0.29) is 5.75 Å². The first-order valence-electron chi connectivity index (χ1n) is 8.03. The molecule has 8 heteroatoms. The molecule has 0 spiro atoms. The minimum Gasteiger partial charge on any atom is -0.369 e. The van der Waals surface area contributed by atoms with Gasteiger partial charge in [-0.2, -0.15) is 0 Å². The Morgan fingerprint density at radius 3 is 2.92 bits per heavy atom. The average Bonchev–Trinajstić information content (AvgIpc) is 2.98. The second-order valence-corrected chi connectivity index (χ2v) is 8.73. The SMILES string of the molecule is CN=C(NCCCS(C)(=O)=O)NC1CCN(c2cccc(Cl)c2)C1. The van der Waals surface area contributed by atoms with Crippen LogP contribution in [0.3, 0.4) is 0 Å². The molecule has 1 aromatic carbocycles. The largest absolute Gasteiger partial charge is 0.369 e. The van der Waals surface area contributed by atoms with E-state index in [1.165, 1.54) is 6.26 Å². The molecule has 134 valence electrons. The topological polar surface area (TPSA) is 73.8 Å². The summed E-state index contributed by atoms with van der Waals surface area (Å²) in [6.45, 7) is 2.42. The van der Waals surface area contributed by atoms with Crippen LogP contribution in [0, 0.1) is 0 Å². The summed E-state index contributed by atoms with van der Waals surface area (Å²) in [4.78, 5) is 6.49. The fourth-order valence-corrected chi connectivity index (χ4v) is 3.57. The van der Waals surface area contributed by atoms with E-state index in [0.29, 0.717) is 25.0 Å². The molecule has 1 fully saturated rings. The summed E-state index contributed by atoms with van der Waals surface area (Å²) >= 11 is 6.06. The average molecular weight is 373 g/mol. The van der Waals surface area contributed by atoms with Crippen molar-refractivity contribution in [1.82, 2.24) is 10.6 Å². The molecule has 1 atom stereocenters. The molecule has 0 bridgehead atoms. The lowest BCUT2D eigenvalue weighted by molar-refractivity contribution is 0.597. The highest BCUT2D eigenvalue weighted by atomic mass is 35.5. The van der Waals surface area contributed by atoms with Gasteiger partial charge in [0.1, 0.15) is 9.84 Å². The van der Waals surface area contributed by atoms with Crippen molar-refractivity contribution in [3.8, 4) is 0 Å². The second kappa shape index (κ2) is 8.58. The van der Waals surface area contributed by atoms with Gasteiger partial charge in [0.25, 0.3) is 0 Å². The van der Waals surface area contributed by atoms with Crippen LogP contribution in [0.2, 0.25) is 5.02 Å². The maximum Gasteiger partial charge on any atom is 0.191 e. The Bertz CT molecular complexity index is 678. The first-order chi connectivity index (χ1) is 11.4. The highest BCUT2D eigenvalue weighted by Gasteiger charge is 2.23. The molecular formula is C16H25ClN4O2S. The molecule has 1 aliphatic rings. The van der Waals surface area contributed by atoms with Crippen LogP contribution in [0.4, 0.5) is 5.69 Å². The van der Waals surface area contributed by atoms with Crippen molar-refractivity contribution in [2.75, 3.05) is 43.6 Å². The van der Waals surface area contributed by atoms with E-state index in [0.717, 1.165) is 30.2 Å². The molecule has 6 nitrogen and oxygen atoms in total. The molecule has 2 N–H and O–H groups in total. The van der Waals surface area contributed by atoms with Gasteiger partial charge in [0.2, 0.25) is 0 Å². The van der Waals surface area contributed by atoms with Crippen LogP contribution >= 0.6 is 11.6 Å². The van der Waals surface area contributed by atoms with Gasteiger partial charge >= 0.3 is 0 Å². The molecule has 1 heterocycles. The normalized spacial score (nSPS) is 18.7. The highest BCUT2D eigenvalue weighted by Crippen LogP contribution is 2.23. The van der Waals surface area contributed by atoms with Crippen molar-refractivity contribution >= 4 is 33.1 Å². The molecule has 2 rings (SSSR count). The molecule has 1 unspecified atom stereocenters. The number of hydrogen-bond donors (Lipinski definition) is 2. The van der Waals surface area contributed by atoms with Gasteiger partial charge in [0.05, 0.1) is 5.75 Å². The first-order valence-corrected chi connectivity index (χ1v) is 10.5. The van der Waals surface area contributed by atoms with E-state index in [1.807, 2.05) is 18.2 Å². The number of halogens is 1. The summed E-state index contributed by atoms with van der Waals surface area (Å²) in [6.07, 6.45) is 2.83. The number of benzene rings is 1. The number of nitrogens with one attached hydrogen (secondary N) is 2. The lowest BCUT2D eigenvalue weighted by atomic mass is 10.2. The smallest absolute Gasteiger partial charge is 0.191 e. The zero-order valence-corrected chi connectivity index (χ0v) is 15.7. The maximum atomic E-state index is 11.1. The molecule has 1 aliphatic heterocycles. The van der Waals surface area contributed by atoms with Crippen molar-refractivity contribution in [2.24, 2.45) is 4.99 Å². The number of sulfone groups is 1. The number of nitrogens with zero attached hydrogens (tertiary/aromatic N) is 2. The summed E-state index contributed by atoms with van der Waals surface area (Å²) in [5.41, 5.74) is 1.13. The minimum atomic E-state index is -2.91. The van der Waals surface area contributed by atoms with Gasteiger partial charge in [-0.05, 0) is 31.0 Å². The van der Waals surface area contributed by atoms with Crippen LogP contribution < -0.4 is 15.5 Å². The Kier molecular flexibility index (Phi) is 6.74. The third-order valence-corrected chi connectivity index (χ3v) is 5.18. The van der Waals surface area contributed by atoms with Crippen molar-refractivity contribution in [1.29, 1.82) is 0 Å². The molecular weight excluding hydrogens is 348 g/mol. The quantitative estimate of drug-likeness (QED) is 0.450. The maximum absolute atomic E-state index is 11.1. The van der Waals surface area contributed by atoms with Gasteiger partial charge < -0.3 is 15.5 Å². The number of guanidine groups is 1. The van der Waals surface area contributed by atoms with Gasteiger partial charge in [-0.15, -0.1) is 0 Å². The van der Waals surface area contributed by atoms with E-state index in [1.54, 1.807) is 7.05 Å². The summed E-state index contributed by atoms with van der Waals surface area (Å²) < 4.78 is 22.3. The summed E-state index contributed by atoms with van der Waals surface area (Å²) in [6, 6.07) is 8.17. The summed E-state index contributed by atoms with van der Waals surface area (Å²) in [5.74, 6) is 0.893. The van der Waals surface area contributed by atoms with Crippen LogP contribution in [-0.2, 0) is 9.84 Å². The molecule has 0 radical (unpaired) electrons. The molecule has 24 heavy (non-hydrogen) atoms. The minimum absolute atomic E-state index is 0.183. The monoisotopic (exact) mass is 372 g/mol. The van der Waals surface area contributed by atoms with Crippen LogP contribution in [0.1, 0.15) is 12.8 Å². The van der Waals surface area contributed by atoms with E-state index in [4.69, 9.17) is 11.6 Å². The number of hydrogen-bond acceptors (Lipinski definition) is 4. The van der Waals surface area contributed by atoms with Crippen LogP contribution in [0.5, 0.6) is 0 Å². The van der Waals surface area contributed by atoms with Crippen LogP contribution in [0.15, 0.2) is 29.3 Å². The van der Waals surface area contributed by atoms with E-state index >= 15 is 0 Å². The lowest BCUT2D eigenvalue weighted by Gasteiger charge is -2.20. The highest BCUT2D eigenvalue weighted by molar-refractivity contribution is 7.90. The third kappa shape index (κ3) is 6.20. The Morgan fingerprint density at radius 2 is 2.25 bits per heavy atom. The molecule has 0 amide bonds. The summed E-state index contributed by atoms with van der Waals surface area (Å²) in [7, 11) is -1.19. The molecule has 0 aromatic heterocycles. The Hall–Kier alpha value is -1.47. The standard InChI is InChI=1S/C16H25ClN4O2S/c1-18-16(19-8-4-10-24(2,22)23)20-14-7-9-21(12-14)15-6-3-5-13(17)11-15/h3,5-6,11,14H,4,7-10,12H2,1-2H3,(H2,18,19,20). The lowest BCUT2D eigenvalue weighted by Crippen LogP contribution is -2.45. The van der Waals surface area contributed by atoms with Crippen LogP contribution in [-0.4, -0.2) is 59.1 Å². The molecule has 1 saturated heterocycles. The number of anilines is 1. The predicted octanol–water partition coefficient (Wildman–Crippen LogP) is 1.52. The van der Waals surface area contributed by atoms with Crippen molar-refractivity contribution < 1.29 is 8.42 Å². The molecule has 0 saturated carbocycles. The Balaban J connectivity index is 1.78. The molecule has 1 aromatic rings. The molecule has 0 aliphatic carbocycles. The second-order valence-electron chi connectivity index (χ2n) is 6.04. The Labute approximate surface area is 149 Å². The van der Waals surface area contributed by atoms with Crippen molar-refractivity contribution in [2.45, 2.75) is 18.9 Å². The van der Waals surface area contributed by atoms with Gasteiger partial charge in [-0.1, -0.05) is 17.7 Å². The van der Waals surface area contributed by atoms with Gasteiger partial charge in [-0.3, -0.25) is 4.99 Å². The number of rotatable bonds is 6. The van der Waals surface area contributed by atoms with E-state index in [9.17, 15) is 8.42 Å². The number of aliphatic imine (C=N–C) groups is 1. The van der Waals surface area contributed by atoms with Gasteiger partial charge in [0, 0.05) is 49.7 Å². The fourth-order valence-electron chi connectivity index (χ4n) is 2.71. The predicted molar refractivity (Wildman–Crippen MR) is 101 cm³/mol. The van der Waals surface area contributed by atoms with Crippen molar-refractivity contribution in [3.05, 3.63) is 29.3 Å². The van der Waals surface area contributed by atoms with E-state index in [2.05, 4.69) is 26.6 Å². The van der Waals surface area contributed by atoms with Gasteiger partial charge in [-0.25, -0.2) is 8.42 Å². The zero-order valence-electron chi connectivity index (χ0n) is 14.1. The fraction of sp³-hybridized carbons (Fsp3) is 0.562. The van der Waals surface area contributed by atoms with Crippen molar-refractivity contribution in [3.63, 3.8) is 0 Å².